The molecule has 5 aliphatic rings. The number of ether oxygens (including phenoxy) is 2. The normalized spacial score (nSPS) is 28.9. The van der Waals surface area contributed by atoms with Crippen molar-refractivity contribution >= 4 is 55.9 Å². The first-order chi connectivity index (χ1) is 24.0. The van der Waals surface area contributed by atoms with E-state index in [1.54, 1.807) is 25.7 Å². The van der Waals surface area contributed by atoms with E-state index in [1.807, 2.05) is 30.4 Å². The molecular weight excluding hydrogens is 746 g/mol. The lowest BCUT2D eigenvalue weighted by molar-refractivity contribution is -0.141. The van der Waals surface area contributed by atoms with Crippen molar-refractivity contribution in [3.63, 3.8) is 0 Å². The molecule has 2 aliphatic carbocycles. The molecule has 51 heavy (non-hydrogen) atoms. The summed E-state index contributed by atoms with van der Waals surface area (Å²) in [5.74, 6) is -2.49. The molecule has 1 aromatic rings. The standard InChI is InChI=1S/C35H46BrN5O9S/c1-34(2,3)50-32(45)37-27-10-8-6-4-5-7-9-23-17-35(23,31(44)39-51(47,48)26-13-14-26)38-29(42)28-16-25(20-41(28)30(27)43)49-33(46)40-18-21-11-12-24(36)15-22(21)19-40/h7,9,11-12,15,23,25-28H,4-6,8,10,13-14,16-20H2,1-3H3,(H,37,45)(H,38,42)(H,39,44)/b9-7+/t23-,25-,27+,28+,35-/m1/s1. The predicted octanol–water partition coefficient (Wildman–Crippen LogP) is 3.77. The first-order valence-corrected chi connectivity index (χ1v) is 20.0. The van der Waals surface area contributed by atoms with Gasteiger partial charge in [0.25, 0.3) is 5.91 Å². The van der Waals surface area contributed by atoms with Gasteiger partial charge in [-0.1, -0.05) is 47.0 Å². The molecule has 0 radical (unpaired) electrons. The molecule has 3 heterocycles. The number of carbonyl (C=O) groups excluding carboxylic acids is 5. The van der Waals surface area contributed by atoms with Crippen molar-refractivity contribution in [2.24, 2.45) is 5.92 Å². The molecule has 278 valence electrons. The molecule has 2 saturated carbocycles. The molecule has 0 unspecified atom stereocenters. The zero-order chi connectivity index (χ0) is 36.7. The summed E-state index contributed by atoms with van der Waals surface area (Å²) in [6.07, 6.45) is 5.66. The molecule has 1 aromatic carbocycles. The summed E-state index contributed by atoms with van der Waals surface area (Å²) in [4.78, 5) is 71.2. The minimum Gasteiger partial charge on any atom is -0.444 e. The second-order valence-electron chi connectivity index (χ2n) is 15.2. The number of fused-ring (bicyclic) bond motifs is 3. The van der Waals surface area contributed by atoms with E-state index in [0.717, 1.165) is 28.4 Å². The number of benzene rings is 1. The number of halogens is 1. The molecular formula is C35H46BrN5O9S. The van der Waals surface area contributed by atoms with Gasteiger partial charge in [-0.25, -0.2) is 18.0 Å². The maximum Gasteiger partial charge on any atom is 0.410 e. The van der Waals surface area contributed by atoms with Gasteiger partial charge in [-0.05, 0) is 82.6 Å². The number of carbonyl (C=O) groups is 5. The minimum absolute atomic E-state index is 0.0621. The van der Waals surface area contributed by atoms with Crippen LogP contribution in [0.25, 0.3) is 0 Å². The highest BCUT2D eigenvalue weighted by molar-refractivity contribution is 9.10. The highest BCUT2D eigenvalue weighted by atomic mass is 79.9. The van der Waals surface area contributed by atoms with Gasteiger partial charge < -0.3 is 25.0 Å². The Morgan fingerprint density at radius 1 is 1.04 bits per heavy atom. The Balaban J connectivity index is 1.25. The molecule has 6 rings (SSSR count). The molecule has 1 saturated heterocycles. The lowest BCUT2D eigenvalue weighted by atomic mass is 10.0. The van der Waals surface area contributed by atoms with Crippen LogP contribution in [0.15, 0.2) is 34.8 Å². The maximum absolute atomic E-state index is 14.3. The molecule has 3 fully saturated rings. The van der Waals surface area contributed by atoms with E-state index >= 15 is 0 Å². The summed E-state index contributed by atoms with van der Waals surface area (Å²) in [6.45, 7) is 5.69. The van der Waals surface area contributed by atoms with E-state index in [-0.39, 0.29) is 25.8 Å². The van der Waals surface area contributed by atoms with Crippen LogP contribution in [-0.2, 0) is 47.0 Å². The van der Waals surface area contributed by atoms with E-state index in [0.29, 0.717) is 38.8 Å². The summed E-state index contributed by atoms with van der Waals surface area (Å²) < 4.78 is 39.9. The lowest BCUT2D eigenvalue weighted by Gasteiger charge is -2.30. The number of amides is 5. The maximum atomic E-state index is 14.3. The number of nitrogens with zero attached hydrogens (tertiary/aromatic N) is 2. The summed E-state index contributed by atoms with van der Waals surface area (Å²) in [5, 5.41) is 4.87. The summed E-state index contributed by atoms with van der Waals surface area (Å²) >= 11 is 3.46. The number of sulfonamides is 1. The van der Waals surface area contributed by atoms with Crippen LogP contribution in [0.5, 0.6) is 0 Å². The van der Waals surface area contributed by atoms with E-state index in [4.69, 9.17) is 9.47 Å². The SMILES string of the molecule is CC(C)(C)OC(=O)N[C@H]1CCCCC/C=C/[C@@H]2C[C@@]2(C(=O)NS(=O)(=O)C2CC2)NC(=O)[C@@H]2C[C@@H](OC(=O)N3Cc4ccc(Br)cc4C3)CN2C1=O. The molecule has 5 atom stereocenters. The van der Waals surface area contributed by atoms with Crippen LogP contribution in [0, 0.1) is 5.92 Å². The third kappa shape index (κ3) is 8.70. The average Bonchev–Trinajstić information content (AvgIpc) is 3.93. The van der Waals surface area contributed by atoms with Crippen molar-refractivity contribution < 1.29 is 41.9 Å². The zero-order valence-electron chi connectivity index (χ0n) is 29.1. The van der Waals surface area contributed by atoms with Gasteiger partial charge in [0, 0.05) is 29.9 Å². The van der Waals surface area contributed by atoms with E-state index < -0.39 is 80.4 Å². The number of nitrogens with one attached hydrogen (secondary N) is 3. The van der Waals surface area contributed by atoms with Crippen LogP contribution >= 0.6 is 15.9 Å². The van der Waals surface area contributed by atoms with Crippen LogP contribution in [0.4, 0.5) is 9.59 Å². The highest BCUT2D eigenvalue weighted by Gasteiger charge is 2.62. The third-order valence-corrected chi connectivity index (χ3v) is 12.3. The summed E-state index contributed by atoms with van der Waals surface area (Å²) in [7, 11) is -3.90. The van der Waals surface area contributed by atoms with Crippen LogP contribution in [0.2, 0.25) is 0 Å². The molecule has 0 bridgehead atoms. The molecule has 3 N–H and O–H groups in total. The Morgan fingerprint density at radius 2 is 1.78 bits per heavy atom. The molecule has 5 amide bonds. The van der Waals surface area contributed by atoms with Gasteiger partial charge in [0.2, 0.25) is 21.8 Å². The minimum atomic E-state index is -3.90. The van der Waals surface area contributed by atoms with Crippen molar-refractivity contribution in [3.05, 3.63) is 46.0 Å². The molecule has 0 aromatic heterocycles. The average molecular weight is 793 g/mol. The Morgan fingerprint density at radius 3 is 2.51 bits per heavy atom. The fourth-order valence-corrected chi connectivity index (χ4v) is 8.78. The zero-order valence-corrected chi connectivity index (χ0v) is 31.5. The number of alkyl carbamates (subject to hydrolysis) is 1. The van der Waals surface area contributed by atoms with Crippen LogP contribution in [0.3, 0.4) is 0 Å². The van der Waals surface area contributed by atoms with Gasteiger partial charge in [0.15, 0.2) is 0 Å². The third-order valence-electron chi connectivity index (χ3n) is 9.95. The van der Waals surface area contributed by atoms with Gasteiger partial charge in [0.05, 0.1) is 11.8 Å². The Hall–Kier alpha value is -3.66. The van der Waals surface area contributed by atoms with E-state index in [2.05, 4.69) is 31.3 Å². The monoisotopic (exact) mass is 791 g/mol. The molecule has 16 heteroatoms. The number of rotatable bonds is 5. The Labute approximate surface area is 306 Å². The fraction of sp³-hybridized carbons (Fsp3) is 0.629. The van der Waals surface area contributed by atoms with Crippen LogP contribution < -0.4 is 15.4 Å². The van der Waals surface area contributed by atoms with Gasteiger partial charge in [-0.2, -0.15) is 0 Å². The van der Waals surface area contributed by atoms with Crippen molar-refractivity contribution in [3.8, 4) is 0 Å². The van der Waals surface area contributed by atoms with Gasteiger partial charge in [-0.15, -0.1) is 0 Å². The molecule has 0 spiro atoms. The van der Waals surface area contributed by atoms with Crippen molar-refractivity contribution in [2.75, 3.05) is 6.54 Å². The van der Waals surface area contributed by atoms with E-state index in [9.17, 15) is 32.4 Å². The lowest BCUT2D eigenvalue weighted by Crippen LogP contribution is -2.58. The highest BCUT2D eigenvalue weighted by Crippen LogP contribution is 2.46. The van der Waals surface area contributed by atoms with Gasteiger partial charge in [-0.3, -0.25) is 24.0 Å². The quantitative estimate of drug-likeness (QED) is 0.375. The largest absolute Gasteiger partial charge is 0.444 e. The van der Waals surface area contributed by atoms with Crippen molar-refractivity contribution in [1.29, 1.82) is 0 Å². The second kappa shape index (κ2) is 14.4. The molecule has 3 aliphatic heterocycles. The number of hydrogen-bond donors (Lipinski definition) is 3. The number of allylic oxidation sites excluding steroid dienone is 1. The first-order valence-electron chi connectivity index (χ1n) is 17.6. The second-order valence-corrected chi connectivity index (χ2v) is 18.1. The van der Waals surface area contributed by atoms with Crippen LogP contribution in [0.1, 0.15) is 89.7 Å². The van der Waals surface area contributed by atoms with Crippen molar-refractivity contribution in [1.82, 2.24) is 25.2 Å². The predicted molar refractivity (Wildman–Crippen MR) is 188 cm³/mol. The Kier molecular flexibility index (Phi) is 10.5. The van der Waals surface area contributed by atoms with E-state index in [1.165, 1.54) is 4.90 Å². The van der Waals surface area contributed by atoms with Crippen molar-refractivity contribution in [2.45, 2.75) is 126 Å². The van der Waals surface area contributed by atoms with Crippen LogP contribution in [-0.4, -0.2) is 89.2 Å². The topological polar surface area (TPSA) is 181 Å². The fourth-order valence-electron chi connectivity index (χ4n) is 7.01. The van der Waals surface area contributed by atoms with Gasteiger partial charge in [0.1, 0.15) is 29.3 Å². The van der Waals surface area contributed by atoms with Gasteiger partial charge >= 0.3 is 12.2 Å². The summed E-state index contributed by atoms with van der Waals surface area (Å²) in [5.41, 5.74) is -0.377. The summed E-state index contributed by atoms with van der Waals surface area (Å²) in [6, 6.07) is 3.56. The Bertz CT molecular complexity index is 1730. The molecule has 14 nitrogen and oxygen atoms in total. The first kappa shape index (κ1) is 37.1. The number of hydrogen-bond acceptors (Lipinski definition) is 9. The smallest absolute Gasteiger partial charge is 0.410 e.